The zero-order chi connectivity index (χ0) is 12.4. The van der Waals surface area contributed by atoms with E-state index in [9.17, 15) is 0 Å². The monoisotopic (exact) mass is 235 g/mol. The number of hydrogen-bond acceptors (Lipinski definition) is 4. The molecule has 17 heavy (non-hydrogen) atoms. The number of nitrogens with zero attached hydrogens (tertiary/aromatic N) is 1. The van der Waals surface area contributed by atoms with Crippen molar-refractivity contribution in [2.24, 2.45) is 11.7 Å². The van der Waals surface area contributed by atoms with Crippen LogP contribution in [-0.2, 0) is 0 Å². The van der Waals surface area contributed by atoms with Gasteiger partial charge >= 0.3 is 0 Å². The summed E-state index contributed by atoms with van der Waals surface area (Å²) in [4.78, 5) is 2.10. The molecule has 5 heteroatoms. The van der Waals surface area contributed by atoms with Gasteiger partial charge in [0.05, 0.1) is 5.57 Å². The number of hydrogen-bond donors (Lipinski definition) is 4. The molecule has 0 saturated carbocycles. The Kier molecular flexibility index (Phi) is 3.38. The van der Waals surface area contributed by atoms with Crippen molar-refractivity contribution in [3.63, 3.8) is 0 Å². The van der Waals surface area contributed by atoms with Gasteiger partial charge in [0.2, 0.25) is 0 Å². The van der Waals surface area contributed by atoms with E-state index >= 15 is 0 Å². The maximum Gasteiger partial charge on any atom is 0.133 e. The van der Waals surface area contributed by atoms with Gasteiger partial charge in [0.25, 0.3) is 0 Å². The van der Waals surface area contributed by atoms with Crippen molar-refractivity contribution < 1.29 is 0 Å². The van der Waals surface area contributed by atoms with E-state index < -0.39 is 0 Å². The summed E-state index contributed by atoms with van der Waals surface area (Å²) in [5.41, 5.74) is 6.93. The molecule has 2 heterocycles. The number of amidine groups is 1. The van der Waals surface area contributed by atoms with Gasteiger partial charge in [-0.15, -0.1) is 0 Å². The van der Waals surface area contributed by atoms with Gasteiger partial charge in [0.1, 0.15) is 11.7 Å². The summed E-state index contributed by atoms with van der Waals surface area (Å²) < 4.78 is 0. The normalized spacial score (nSPS) is 31.3. The fourth-order valence-electron chi connectivity index (χ4n) is 2.44. The van der Waals surface area contributed by atoms with Crippen LogP contribution in [0.1, 0.15) is 13.3 Å². The van der Waals surface area contributed by atoms with Gasteiger partial charge in [-0.3, -0.25) is 5.41 Å². The van der Waals surface area contributed by atoms with Crippen molar-refractivity contribution in [3.05, 3.63) is 23.7 Å². The summed E-state index contributed by atoms with van der Waals surface area (Å²) in [5, 5.41) is 14.0. The van der Waals surface area contributed by atoms with Crippen molar-refractivity contribution in [2.45, 2.75) is 19.4 Å². The summed E-state index contributed by atoms with van der Waals surface area (Å²) >= 11 is 0. The van der Waals surface area contributed by atoms with Crippen LogP contribution in [0.25, 0.3) is 0 Å². The highest BCUT2D eigenvalue weighted by molar-refractivity contribution is 6.02. The molecule has 0 aliphatic carbocycles. The molecule has 2 aliphatic heterocycles. The summed E-state index contributed by atoms with van der Waals surface area (Å²) in [7, 11) is 2.01. The van der Waals surface area contributed by atoms with E-state index in [-0.39, 0.29) is 0 Å². The van der Waals surface area contributed by atoms with Crippen LogP contribution in [-0.4, -0.2) is 36.9 Å². The van der Waals surface area contributed by atoms with E-state index in [4.69, 9.17) is 11.1 Å². The van der Waals surface area contributed by atoms with Crippen LogP contribution in [0.4, 0.5) is 0 Å². The second-order valence-electron chi connectivity index (χ2n) is 4.80. The zero-order valence-electron chi connectivity index (χ0n) is 10.5. The molecule has 2 rings (SSSR count). The second kappa shape index (κ2) is 4.79. The lowest BCUT2D eigenvalue weighted by Gasteiger charge is -2.38. The Morgan fingerprint density at radius 3 is 2.94 bits per heavy atom. The molecule has 5 nitrogen and oxygen atoms in total. The molecule has 0 spiro atoms. The first-order valence-electron chi connectivity index (χ1n) is 6.06. The van der Waals surface area contributed by atoms with Crippen LogP contribution in [0.3, 0.4) is 0 Å². The van der Waals surface area contributed by atoms with Crippen LogP contribution in [0, 0.1) is 11.3 Å². The van der Waals surface area contributed by atoms with E-state index in [1.807, 2.05) is 13.1 Å². The lowest BCUT2D eigenvalue weighted by molar-refractivity contribution is 0.184. The number of nitrogens with two attached hydrogens (primary N) is 1. The van der Waals surface area contributed by atoms with Gasteiger partial charge < -0.3 is 21.3 Å². The average molecular weight is 235 g/mol. The van der Waals surface area contributed by atoms with Gasteiger partial charge in [-0.2, -0.15) is 0 Å². The molecule has 1 saturated heterocycles. The molecule has 94 valence electrons. The number of piperidine rings is 1. The topological polar surface area (TPSA) is 77.2 Å². The largest absolute Gasteiger partial charge is 0.385 e. The van der Waals surface area contributed by atoms with Crippen LogP contribution in [0.15, 0.2) is 23.7 Å². The Labute approximate surface area is 102 Å². The van der Waals surface area contributed by atoms with Gasteiger partial charge in [0.15, 0.2) is 0 Å². The minimum atomic E-state index is 0.380. The van der Waals surface area contributed by atoms with Crippen LogP contribution >= 0.6 is 0 Å². The smallest absolute Gasteiger partial charge is 0.133 e. The quantitative estimate of drug-likeness (QED) is 0.551. The van der Waals surface area contributed by atoms with Crippen molar-refractivity contribution in [1.82, 2.24) is 15.5 Å². The fourth-order valence-corrected chi connectivity index (χ4v) is 2.44. The molecule has 0 aromatic heterocycles. The molecule has 0 radical (unpaired) electrons. The number of likely N-dealkylation sites (N-methyl/N-ethyl adjacent to an activating group) is 1. The van der Waals surface area contributed by atoms with E-state index in [0.29, 0.717) is 23.6 Å². The minimum Gasteiger partial charge on any atom is -0.385 e. The van der Waals surface area contributed by atoms with Crippen molar-refractivity contribution in [1.29, 1.82) is 5.41 Å². The third kappa shape index (κ3) is 2.29. The Morgan fingerprint density at radius 2 is 2.35 bits per heavy atom. The lowest BCUT2D eigenvalue weighted by atomic mass is 9.93. The molecular formula is C12H21N5. The average Bonchev–Trinajstić information content (AvgIpc) is 2.74. The third-order valence-corrected chi connectivity index (χ3v) is 3.69. The molecule has 5 N–H and O–H groups in total. The second-order valence-corrected chi connectivity index (χ2v) is 4.80. The van der Waals surface area contributed by atoms with E-state index in [2.05, 4.69) is 22.5 Å². The van der Waals surface area contributed by atoms with E-state index in [1.165, 1.54) is 6.42 Å². The summed E-state index contributed by atoms with van der Waals surface area (Å²) in [6.45, 7) is 4.30. The molecular weight excluding hydrogens is 214 g/mol. The van der Waals surface area contributed by atoms with E-state index in [0.717, 1.165) is 18.7 Å². The predicted molar refractivity (Wildman–Crippen MR) is 69.4 cm³/mol. The molecule has 1 fully saturated rings. The Morgan fingerprint density at radius 1 is 1.59 bits per heavy atom. The molecule has 2 aliphatic rings. The standard InChI is InChI=1S/C12H21N5/c1-8-3-5-15-7-10(8)17(2)12(14)9-4-6-16-11(9)13/h4,6,8,10,15H,3,5,7,14H2,1-2H3,(H2,13,16)/b12-9+/t8-,10+/m1/s1. The summed E-state index contributed by atoms with van der Waals surface area (Å²) in [6, 6.07) is 0.401. The summed E-state index contributed by atoms with van der Waals surface area (Å²) in [6.07, 6.45) is 4.78. The Balaban J connectivity index is 2.16. The van der Waals surface area contributed by atoms with Gasteiger partial charge in [-0.1, -0.05) is 6.92 Å². The predicted octanol–water partition coefficient (Wildman–Crippen LogP) is 0.181. The number of rotatable bonds is 2. The highest BCUT2D eigenvalue weighted by Gasteiger charge is 2.27. The first kappa shape index (κ1) is 12.0. The molecule has 0 bridgehead atoms. The van der Waals surface area contributed by atoms with Crippen molar-refractivity contribution in [2.75, 3.05) is 20.1 Å². The van der Waals surface area contributed by atoms with Crippen molar-refractivity contribution in [3.8, 4) is 0 Å². The third-order valence-electron chi connectivity index (χ3n) is 3.69. The SMILES string of the molecule is C[C@@H]1CCNC[C@@H]1N(C)/C(N)=C1\C=CNC1=N. The minimum absolute atomic E-state index is 0.380. The van der Waals surface area contributed by atoms with Crippen LogP contribution in [0.2, 0.25) is 0 Å². The maximum atomic E-state index is 7.74. The fraction of sp³-hybridized carbons (Fsp3) is 0.583. The molecule has 2 atom stereocenters. The van der Waals surface area contributed by atoms with Gasteiger partial charge in [-0.25, -0.2) is 0 Å². The first-order chi connectivity index (χ1) is 8.11. The van der Waals surface area contributed by atoms with Crippen LogP contribution in [0.5, 0.6) is 0 Å². The van der Waals surface area contributed by atoms with Gasteiger partial charge in [0, 0.05) is 25.8 Å². The molecule has 0 aromatic rings. The van der Waals surface area contributed by atoms with Gasteiger partial charge in [-0.05, 0) is 25.0 Å². The highest BCUT2D eigenvalue weighted by Crippen LogP contribution is 2.20. The highest BCUT2D eigenvalue weighted by atomic mass is 15.2. The van der Waals surface area contributed by atoms with Crippen LogP contribution < -0.4 is 16.4 Å². The zero-order valence-corrected chi connectivity index (χ0v) is 10.5. The summed E-state index contributed by atoms with van der Waals surface area (Å²) in [5.74, 6) is 1.68. The Bertz CT molecular complexity index is 371. The van der Waals surface area contributed by atoms with E-state index in [1.54, 1.807) is 6.20 Å². The maximum absolute atomic E-state index is 7.74. The molecule has 0 unspecified atom stereocenters. The first-order valence-corrected chi connectivity index (χ1v) is 6.06. The number of nitrogens with one attached hydrogen (secondary N) is 3. The van der Waals surface area contributed by atoms with Crippen molar-refractivity contribution >= 4 is 5.84 Å². The molecule has 0 aromatic carbocycles. The molecule has 0 amide bonds. The lowest BCUT2D eigenvalue weighted by Crippen LogP contribution is -2.50. The Hall–Kier alpha value is -1.49.